The van der Waals surface area contributed by atoms with Crippen LogP contribution >= 0.6 is 0 Å². The van der Waals surface area contributed by atoms with Gasteiger partial charge in [-0.1, -0.05) is 19.9 Å². The number of hydrogen-bond donors (Lipinski definition) is 2. The second-order valence-corrected chi connectivity index (χ2v) is 10.6. The number of sulfonamides is 2. The molecule has 148 valence electrons. The summed E-state index contributed by atoms with van der Waals surface area (Å²) in [5.41, 5.74) is 0. The minimum atomic E-state index is -3.87. The molecule has 0 bridgehead atoms. The molecule has 2 N–H and O–H groups in total. The van der Waals surface area contributed by atoms with Gasteiger partial charge < -0.3 is 4.57 Å². The second kappa shape index (κ2) is 7.70. The monoisotopic (exact) mass is 412 g/mol. The minimum absolute atomic E-state index is 0.0271. The van der Waals surface area contributed by atoms with Gasteiger partial charge in [0.15, 0.2) is 0 Å². The molecule has 1 heterocycles. The van der Waals surface area contributed by atoms with E-state index in [0.717, 1.165) is 19.4 Å². The molecule has 0 saturated heterocycles. The quantitative estimate of drug-likeness (QED) is 0.648. The molecule has 1 aliphatic rings. The second-order valence-electron chi connectivity index (χ2n) is 7.08. The van der Waals surface area contributed by atoms with Crippen molar-refractivity contribution < 1.29 is 16.8 Å². The third-order valence-corrected chi connectivity index (χ3v) is 7.03. The van der Waals surface area contributed by atoms with Crippen LogP contribution in [0.1, 0.15) is 32.5 Å². The van der Waals surface area contributed by atoms with Gasteiger partial charge in [-0.25, -0.2) is 31.3 Å². The Kier molecular flexibility index (Phi) is 5.71. The molecule has 1 fully saturated rings. The fourth-order valence-electron chi connectivity index (χ4n) is 2.61. The molecule has 0 amide bonds. The normalized spacial score (nSPS) is 15.4. The summed E-state index contributed by atoms with van der Waals surface area (Å²) >= 11 is 0. The Morgan fingerprint density at radius 2 is 1.81 bits per heavy atom. The van der Waals surface area contributed by atoms with Gasteiger partial charge >= 0.3 is 0 Å². The van der Waals surface area contributed by atoms with Crippen LogP contribution in [0.3, 0.4) is 0 Å². The van der Waals surface area contributed by atoms with Gasteiger partial charge in [0.1, 0.15) is 5.82 Å². The molecule has 2 aromatic rings. The van der Waals surface area contributed by atoms with Crippen LogP contribution in [0, 0.1) is 5.92 Å². The molecular weight excluding hydrogens is 388 g/mol. The number of rotatable bonds is 9. The SMILES string of the molecule is CC(C)Cn1ccnc1CNS(=O)(=O)c1cccc(S(=O)(=O)NC2CC2)c1. The van der Waals surface area contributed by atoms with Gasteiger partial charge in [-0.05, 0) is 37.0 Å². The highest BCUT2D eigenvalue weighted by molar-refractivity contribution is 7.90. The lowest BCUT2D eigenvalue weighted by molar-refractivity contribution is 0.502. The summed E-state index contributed by atoms with van der Waals surface area (Å²) in [6.07, 6.45) is 5.05. The summed E-state index contributed by atoms with van der Waals surface area (Å²) in [7, 11) is -7.59. The molecule has 8 nitrogen and oxygen atoms in total. The van der Waals surface area contributed by atoms with E-state index in [1.54, 1.807) is 12.4 Å². The maximum Gasteiger partial charge on any atom is 0.241 e. The number of aromatic nitrogens is 2. The Morgan fingerprint density at radius 1 is 1.15 bits per heavy atom. The standard InChI is InChI=1S/C17H24N4O4S2/c1-13(2)12-21-9-8-18-17(21)11-19-26(22,23)15-4-3-5-16(10-15)27(24,25)20-14-6-7-14/h3-5,8-10,13-14,19-20H,6-7,11-12H2,1-2H3. The third-order valence-electron chi connectivity index (χ3n) is 4.11. The number of hydrogen-bond acceptors (Lipinski definition) is 5. The van der Waals surface area contributed by atoms with Crippen LogP contribution < -0.4 is 9.44 Å². The maximum absolute atomic E-state index is 12.6. The van der Waals surface area contributed by atoms with E-state index in [4.69, 9.17) is 0 Å². The van der Waals surface area contributed by atoms with Crippen molar-refractivity contribution in [1.82, 2.24) is 19.0 Å². The average molecular weight is 413 g/mol. The Morgan fingerprint density at radius 3 is 2.44 bits per heavy atom. The van der Waals surface area contributed by atoms with Crippen molar-refractivity contribution in [2.24, 2.45) is 5.92 Å². The number of nitrogens with zero attached hydrogens (tertiary/aromatic N) is 2. The molecular formula is C17H24N4O4S2. The van der Waals surface area contributed by atoms with Crippen molar-refractivity contribution >= 4 is 20.0 Å². The molecule has 1 aromatic heterocycles. The Hall–Kier alpha value is -1.75. The topological polar surface area (TPSA) is 110 Å². The summed E-state index contributed by atoms with van der Waals surface area (Å²) in [6, 6.07) is 5.31. The summed E-state index contributed by atoms with van der Waals surface area (Å²) in [5.74, 6) is 1.00. The number of benzene rings is 1. The first-order chi connectivity index (χ1) is 12.7. The lowest BCUT2D eigenvalue weighted by Crippen LogP contribution is -2.27. The van der Waals surface area contributed by atoms with Crippen molar-refractivity contribution in [2.75, 3.05) is 0 Å². The van der Waals surface area contributed by atoms with Gasteiger partial charge in [-0.15, -0.1) is 0 Å². The summed E-state index contributed by atoms with van der Waals surface area (Å²) < 4.78 is 56.8. The van der Waals surface area contributed by atoms with Gasteiger partial charge in [-0.3, -0.25) is 0 Å². The molecule has 1 aromatic carbocycles. The van der Waals surface area contributed by atoms with Gasteiger partial charge in [-0.2, -0.15) is 0 Å². The minimum Gasteiger partial charge on any atom is -0.334 e. The first-order valence-electron chi connectivity index (χ1n) is 8.79. The van der Waals surface area contributed by atoms with Crippen LogP contribution in [0.5, 0.6) is 0 Å². The molecule has 0 radical (unpaired) electrons. The highest BCUT2D eigenvalue weighted by Crippen LogP contribution is 2.23. The molecule has 3 rings (SSSR count). The van der Waals surface area contributed by atoms with E-state index in [2.05, 4.69) is 28.3 Å². The van der Waals surface area contributed by atoms with Crippen LogP contribution in [-0.4, -0.2) is 32.4 Å². The molecule has 10 heteroatoms. The van der Waals surface area contributed by atoms with E-state index in [1.165, 1.54) is 24.3 Å². The lowest BCUT2D eigenvalue weighted by atomic mass is 10.2. The van der Waals surface area contributed by atoms with Crippen molar-refractivity contribution in [3.63, 3.8) is 0 Å². The van der Waals surface area contributed by atoms with Crippen molar-refractivity contribution in [1.29, 1.82) is 0 Å². The van der Waals surface area contributed by atoms with Gasteiger partial charge in [0, 0.05) is 25.0 Å². The van der Waals surface area contributed by atoms with E-state index in [9.17, 15) is 16.8 Å². The Labute approximate surface area is 160 Å². The van der Waals surface area contributed by atoms with E-state index >= 15 is 0 Å². The number of imidazole rings is 1. The summed E-state index contributed by atoms with van der Waals surface area (Å²) in [5, 5.41) is 0. The number of nitrogens with one attached hydrogen (secondary N) is 2. The van der Waals surface area contributed by atoms with E-state index in [0.29, 0.717) is 11.7 Å². The third kappa shape index (κ3) is 5.16. The zero-order chi connectivity index (χ0) is 19.7. The van der Waals surface area contributed by atoms with Crippen LogP contribution in [0.25, 0.3) is 0 Å². The van der Waals surface area contributed by atoms with Crippen LogP contribution in [-0.2, 0) is 33.1 Å². The van der Waals surface area contributed by atoms with Crippen molar-refractivity contribution in [3.05, 3.63) is 42.5 Å². The maximum atomic E-state index is 12.6. The largest absolute Gasteiger partial charge is 0.334 e. The molecule has 1 saturated carbocycles. The van der Waals surface area contributed by atoms with Gasteiger partial charge in [0.2, 0.25) is 20.0 Å². The first kappa shape index (κ1) is 20.0. The molecule has 0 aliphatic heterocycles. The van der Waals surface area contributed by atoms with E-state index in [-0.39, 0.29) is 22.4 Å². The van der Waals surface area contributed by atoms with Crippen LogP contribution in [0.2, 0.25) is 0 Å². The zero-order valence-electron chi connectivity index (χ0n) is 15.3. The molecule has 0 unspecified atom stereocenters. The summed E-state index contributed by atoms with van der Waals surface area (Å²) in [4.78, 5) is 4.04. The molecule has 0 atom stereocenters. The lowest BCUT2D eigenvalue weighted by Gasteiger charge is -2.12. The zero-order valence-corrected chi connectivity index (χ0v) is 16.9. The molecule has 1 aliphatic carbocycles. The Balaban J connectivity index is 1.75. The highest BCUT2D eigenvalue weighted by atomic mass is 32.2. The van der Waals surface area contributed by atoms with E-state index in [1.807, 2.05) is 4.57 Å². The predicted molar refractivity (Wildman–Crippen MR) is 101 cm³/mol. The van der Waals surface area contributed by atoms with Gasteiger partial charge in [0.05, 0.1) is 16.3 Å². The molecule has 0 spiro atoms. The van der Waals surface area contributed by atoms with Crippen molar-refractivity contribution in [3.8, 4) is 0 Å². The summed E-state index contributed by atoms with van der Waals surface area (Å²) in [6.45, 7) is 4.89. The van der Waals surface area contributed by atoms with E-state index < -0.39 is 20.0 Å². The smallest absolute Gasteiger partial charge is 0.241 e. The van der Waals surface area contributed by atoms with Crippen LogP contribution in [0.15, 0.2) is 46.5 Å². The van der Waals surface area contributed by atoms with Crippen LogP contribution in [0.4, 0.5) is 0 Å². The van der Waals surface area contributed by atoms with Crippen molar-refractivity contribution in [2.45, 2.75) is 55.6 Å². The first-order valence-corrected chi connectivity index (χ1v) is 11.8. The average Bonchev–Trinajstić information content (AvgIpc) is 3.29. The fraction of sp³-hybridized carbons (Fsp3) is 0.471. The fourth-order valence-corrected chi connectivity index (χ4v) is 5.06. The molecule has 27 heavy (non-hydrogen) atoms. The predicted octanol–water partition coefficient (Wildman–Crippen LogP) is 1.46. The highest BCUT2D eigenvalue weighted by Gasteiger charge is 2.28. The van der Waals surface area contributed by atoms with Gasteiger partial charge in [0.25, 0.3) is 0 Å². The Bertz CT molecular complexity index is 1010.